The molecule has 18 heavy (non-hydrogen) atoms. The van der Waals surface area contributed by atoms with Gasteiger partial charge in [-0.15, -0.1) is 0 Å². The van der Waals surface area contributed by atoms with Crippen LogP contribution in [0.1, 0.15) is 18.4 Å². The minimum absolute atomic E-state index is 0.00669. The summed E-state index contributed by atoms with van der Waals surface area (Å²) < 4.78 is 42.6. The average molecular weight is 261 g/mol. The first-order valence-corrected chi connectivity index (χ1v) is 5.41. The Hall–Kier alpha value is -1.56. The van der Waals surface area contributed by atoms with Gasteiger partial charge in [-0.3, -0.25) is 4.79 Å². The summed E-state index contributed by atoms with van der Waals surface area (Å²) in [6, 6.07) is 5.31. The molecule has 100 valence electrons. The second-order valence-corrected chi connectivity index (χ2v) is 3.71. The number of rotatable bonds is 4. The molecule has 0 unspecified atom stereocenters. The highest BCUT2D eigenvalue weighted by Crippen LogP contribution is 2.31. The van der Waals surface area contributed by atoms with Gasteiger partial charge in [0.15, 0.2) is 0 Å². The molecule has 2 N–H and O–H groups in total. The summed E-state index contributed by atoms with van der Waals surface area (Å²) in [4.78, 5) is 11.6. The van der Waals surface area contributed by atoms with Crippen molar-refractivity contribution in [2.24, 2.45) is 5.73 Å². The first-order valence-electron chi connectivity index (χ1n) is 5.41. The van der Waals surface area contributed by atoms with E-state index in [0.29, 0.717) is 0 Å². The molecule has 0 aliphatic rings. The van der Waals surface area contributed by atoms with Gasteiger partial charge in [-0.1, -0.05) is 30.3 Å². The standard InChI is InChI=1S/C12H14F3NO2/c1-2-18-11(17)9(10(16)12(13,14)15)8-6-4-3-5-7-8/h3-7,9-10H,2,16H2,1H3/t9-,10-/m1/s1. The van der Waals surface area contributed by atoms with Gasteiger partial charge in [0, 0.05) is 0 Å². The normalized spacial score (nSPS) is 14.9. The van der Waals surface area contributed by atoms with Crippen LogP contribution in [-0.4, -0.2) is 24.8 Å². The zero-order chi connectivity index (χ0) is 13.8. The van der Waals surface area contributed by atoms with Gasteiger partial charge in [-0.05, 0) is 12.5 Å². The highest BCUT2D eigenvalue weighted by atomic mass is 19.4. The van der Waals surface area contributed by atoms with E-state index in [2.05, 4.69) is 4.74 Å². The van der Waals surface area contributed by atoms with Crippen LogP contribution >= 0.6 is 0 Å². The highest BCUT2D eigenvalue weighted by molar-refractivity contribution is 5.79. The lowest BCUT2D eigenvalue weighted by Crippen LogP contribution is -2.45. The zero-order valence-corrected chi connectivity index (χ0v) is 9.78. The number of halogens is 3. The van der Waals surface area contributed by atoms with Crippen LogP contribution in [0.5, 0.6) is 0 Å². The van der Waals surface area contributed by atoms with E-state index in [1.54, 1.807) is 18.2 Å². The van der Waals surface area contributed by atoms with Crippen molar-refractivity contribution >= 4 is 5.97 Å². The van der Waals surface area contributed by atoms with Crippen molar-refractivity contribution in [2.75, 3.05) is 6.61 Å². The molecule has 1 aromatic carbocycles. The molecule has 0 amide bonds. The fourth-order valence-corrected chi connectivity index (χ4v) is 1.57. The van der Waals surface area contributed by atoms with Crippen molar-refractivity contribution in [2.45, 2.75) is 25.1 Å². The summed E-state index contributed by atoms with van der Waals surface area (Å²) in [5.41, 5.74) is 5.33. The van der Waals surface area contributed by atoms with Gasteiger partial charge in [-0.25, -0.2) is 0 Å². The van der Waals surface area contributed by atoms with Crippen LogP contribution in [0.25, 0.3) is 0 Å². The number of carbonyl (C=O) groups is 1. The summed E-state index contributed by atoms with van der Waals surface area (Å²) >= 11 is 0. The van der Waals surface area contributed by atoms with Crippen LogP contribution in [0.4, 0.5) is 13.2 Å². The Kier molecular flexibility index (Phi) is 4.72. The number of alkyl halides is 3. The molecule has 0 aromatic heterocycles. The Labute approximate surface area is 103 Å². The second kappa shape index (κ2) is 5.86. The van der Waals surface area contributed by atoms with Crippen LogP contribution < -0.4 is 5.73 Å². The monoisotopic (exact) mass is 261 g/mol. The number of hydrogen-bond donors (Lipinski definition) is 1. The predicted molar refractivity (Wildman–Crippen MR) is 59.8 cm³/mol. The molecule has 0 spiro atoms. The summed E-state index contributed by atoms with van der Waals surface area (Å²) in [6.45, 7) is 1.53. The van der Waals surface area contributed by atoms with Gasteiger partial charge in [0.2, 0.25) is 0 Å². The van der Waals surface area contributed by atoms with Gasteiger partial charge in [-0.2, -0.15) is 13.2 Å². The SMILES string of the molecule is CCOC(=O)[C@H](c1ccccc1)[C@@H](N)C(F)(F)F. The van der Waals surface area contributed by atoms with Gasteiger partial charge in [0.1, 0.15) is 12.0 Å². The van der Waals surface area contributed by atoms with Crippen LogP contribution in [0.15, 0.2) is 30.3 Å². The van der Waals surface area contributed by atoms with Crippen LogP contribution in [0.2, 0.25) is 0 Å². The summed E-state index contributed by atoms with van der Waals surface area (Å²) in [5, 5.41) is 0. The van der Waals surface area contributed by atoms with E-state index in [1.165, 1.54) is 19.1 Å². The third-order valence-electron chi connectivity index (χ3n) is 2.44. The van der Waals surface area contributed by atoms with E-state index in [9.17, 15) is 18.0 Å². The van der Waals surface area contributed by atoms with E-state index < -0.39 is 24.1 Å². The molecule has 0 aliphatic heterocycles. The van der Waals surface area contributed by atoms with E-state index in [4.69, 9.17) is 5.73 Å². The zero-order valence-electron chi connectivity index (χ0n) is 9.78. The molecule has 3 nitrogen and oxygen atoms in total. The first-order chi connectivity index (χ1) is 8.38. The fraction of sp³-hybridized carbons (Fsp3) is 0.417. The Bertz CT molecular complexity index is 392. The second-order valence-electron chi connectivity index (χ2n) is 3.71. The first kappa shape index (κ1) is 14.5. The number of ether oxygens (including phenoxy) is 1. The van der Waals surface area contributed by atoms with Crippen LogP contribution in [0.3, 0.4) is 0 Å². The third kappa shape index (κ3) is 3.46. The maximum absolute atomic E-state index is 12.7. The van der Waals surface area contributed by atoms with Crippen molar-refractivity contribution in [1.29, 1.82) is 0 Å². The van der Waals surface area contributed by atoms with Gasteiger partial charge in [0.25, 0.3) is 0 Å². The molecular formula is C12H14F3NO2. The highest BCUT2D eigenvalue weighted by Gasteiger charge is 2.46. The number of carbonyl (C=O) groups excluding carboxylic acids is 1. The van der Waals surface area contributed by atoms with Crippen molar-refractivity contribution in [3.8, 4) is 0 Å². The van der Waals surface area contributed by atoms with Crippen molar-refractivity contribution in [3.05, 3.63) is 35.9 Å². The molecule has 2 atom stereocenters. The van der Waals surface area contributed by atoms with Crippen LogP contribution in [0, 0.1) is 0 Å². The predicted octanol–water partition coefficient (Wildman–Crippen LogP) is 2.22. The number of benzene rings is 1. The number of nitrogens with two attached hydrogens (primary N) is 1. The minimum Gasteiger partial charge on any atom is -0.465 e. The average Bonchev–Trinajstić information content (AvgIpc) is 2.29. The maximum Gasteiger partial charge on any atom is 0.404 e. The molecule has 0 saturated heterocycles. The van der Waals surface area contributed by atoms with E-state index in [1.807, 2.05) is 0 Å². The lowest BCUT2D eigenvalue weighted by molar-refractivity contribution is -0.168. The van der Waals surface area contributed by atoms with Crippen LogP contribution in [-0.2, 0) is 9.53 Å². The van der Waals surface area contributed by atoms with Crippen molar-refractivity contribution in [1.82, 2.24) is 0 Å². The van der Waals surface area contributed by atoms with Gasteiger partial charge in [0.05, 0.1) is 6.61 Å². The molecule has 0 heterocycles. The van der Waals surface area contributed by atoms with Crippen molar-refractivity contribution in [3.63, 3.8) is 0 Å². The molecule has 1 aromatic rings. The quantitative estimate of drug-likeness (QED) is 0.845. The molecule has 1 rings (SSSR count). The maximum atomic E-state index is 12.7. The third-order valence-corrected chi connectivity index (χ3v) is 2.44. The Morgan fingerprint density at radius 2 is 1.89 bits per heavy atom. The topological polar surface area (TPSA) is 52.3 Å². The Morgan fingerprint density at radius 1 is 1.33 bits per heavy atom. The summed E-state index contributed by atoms with van der Waals surface area (Å²) in [5.74, 6) is -2.50. The van der Waals surface area contributed by atoms with Gasteiger partial charge >= 0.3 is 12.1 Å². The van der Waals surface area contributed by atoms with Gasteiger partial charge < -0.3 is 10.5 Å². The summed E-state index contributed by atoms with van der Waals surface area (Å²) in [6.07, 6.45) is -4.66. The molecule has 0 saturated carbocycles. The van der Waals surface area contributed by atoms with E-state index in [0.717, 1.165) is 0 Å². The molecule has 0 radical (unpaired) electrons. The largest absolute Gasteiger partial charge is 0.465 e. The lowest BCUT2D eigenvalue weighted by Gasteiger charge is -2.24. The van der Waals surface area contributed by atoms with E-state index >= 15 is 0 Å². The molecule has 0 bridgehead atoms. The number of esters is 1. The lowest BCUT2D eigenvalue weighted by atomic mass is 9.91. The molecule has 0 fully saturated rings. The molecule has 0 aliphatic carbocycles. The Balaban J connectivity index is 3.07. The molecule has 6 heteroatoms. The number of hydrogen-bond acceptors (Lipinski definition) is 3. The van der Waals surface area contributed by atoms with Crippen molar-refractivity contribution < 1.29 is 22.7 Å². The minimum atomic E-state index is -4.66. The molecular weight excluding hydrogens is 247 g/mol. The van der Waals surface area contributed by atoms with E-state index in [-0.39, 0.29) is 12.2 Å². The smallest absolute Gasteiger partial charge is 0.404 e. The summed E-state index contributed by atoms with van der Waals surface area (Å²) in [7, 11) is 0. The fourth-order valence-electron chi connectivity index (χ4n) is 1.57. The Morgan fingerprint density at radius 3 is 2.33 bits per heavy atom.